The molecular formula is C25H19N7O2. The van der Waals surface area contributed by atoms with Gasteiger partial charge in [-0.25, -0.2) is 9.97 Å². The van der Waals surface area contributed by atoms with Crippen LogP contribution in [-0.2, 0) is 16.0 Å². The lowest BCUT2D eigenvalue weighted by Gasteiger charge is -2.27. The van der Waals surface area contributed by atoms with E-state index in [1.807, 2.05) is 40.9 Å². The zero-order chi connectivity index (χ0) is 23.1. The summed E-state index contributed by atoms with van der Waals surface area (Å²) in [6.07, 6.45) is 3.90. The molecule has 1 amide bonds. The first-order valence-corrected chi connectivity index (χ1v) is 11.0. The van der Waals surface area contributed by atoms with Gasteiger partial charge in [0.25, 0.3) is 5.91 Å². The first-order chi connectivity index (χ1) is 16.7. The van der Waals surface area contributed by atoms with Crippen molar-refractivity contribution >= 4 is 23.1 Å². The third-order valence-corrected chi connectivity index (χ3v) is 6.09. The van der Waals surface area contributed by atoms with Gasteiger partial charge in [-0.05, 0) is 29.8 Å². The van der Waals surface area contributed by atoms with Crippen molar-refractivity contribution in [3.63, 3.8) is 0 Å². The summed E-state index contributed by atoms with van der Waals surface area (Å²) in [5.74, 6) is 0.544. The maximum Gasteiger partial charge on any atom is 0.269 e. The minimum absolute atomic E-state index is 0.218. The fraction of sp³-hybridized carbons (Fsp3) is 0.200. The number of benzene rings is 2. The van der Waals surface area contributed by atoms with Crippen LogP contribution in [-0.4, -0.2) is 46.6 Å². The van der Waals surface area contributed by atoms with Gasteiger partial charge in [0.1, 0.15) is 0 Å². The molecule has 1 fully saturated rings. The predicted octanol–water partition coefficient (Wildman–Crippen LogP) is 3.94. The van der Waals surface area contributed by atoms with Crippen molar-refractivity contribution in [2.45, 2.75) is 6.42 Å². The van der Waals surface area contributed by atoms with Gasteiger partial charge >= 0.3 is 0 Å². The predicted molar refractivity (Wildman–Crippen MR) is 125 cm³/mol. The van der Waals surface area contributed by atoms with Gasteiger partial charge in [0.2, 0.25) is 0 Å². The fourth-order valence-electron chi connectivity index (χ4n) is 4.42. The molecule has 2 aliphatic heterocycles. The van der Waals surface area contributed by atoms with E-state index in [1.54, 1.807) is 18.3 Å². The van der Waals surface area contributed by atoms with E-state index < -0.39 is 0 Å². The molecule has 0 unspecified atom stereocenters. The van der Waals surface area contributed by atoms with Gasteiger partial charge in [0.15, 0.2) is 11.5 Å². The zero-order valence-corrected chi connectivity index (χ0v) is 18.2. The molecule has 0 atom stereocenters. The third kappa shape index (κ3) is 3.41. The molecule has 0 saturated carbocycles. The average molecular weight is 449 g/mol. The SMILES string of the molecule is N#Cc1ccc(-c2nc3c(N4CCOCC4)nccn3c2-c2ccc3c(c2)CC(=O)N=N3)cc1. The van der Waals surface area contributed by atoms with E-state index >= 15 is 0 Å². The molecule has 34 heavy (non-hydrogen) atoms. The normalized spacial score (nSPS) is 15.4. The first kappa shape index (κ1) is 20.2. The van der Waals surface area contributed by atoms with Crippen LogP contribution in [0.15, 0.2) is 65.1 Å². The number of hydrogen-bond acceptors (Lipinski definition) is 7. The van der Waals surface area contributed by atoms with Crippen molar-refractivity contribution in [1.29, 1.82) is 5.26 Å². The summed E-state index contributed by atoms with van der Waals surface area (Å²) in [7, 11) is 0. The number of rotatable bonds is 3. The van der Waals surface area contributed by atoms with Gasteiger partial charge in [-0.3, -0.25) is 9.20 Å². The highest BCUT2D eigenvalue weighted by Gasteiger charge is 2.23. The number of nitriles is 1. The lowest BCUT2D eigenvalue weighted by molar-refractivity contribution is -0.117. The number of azo groups is 1. The molecule has 166 valence electrons. The number of carbonyl (C=O) groups is 1. The maximum atomic E-state index is 11.9. The Bertz CT molecular complexity index is 1490. The van der Waals surface area contributed by atoms with Crippen molar-refractivity contribution in [2.75, 3.05) is 31.2 Å². The van der Waals surface area contributed by atoms with Gasteiger partial charge in [-0.2, -0.15) is 5.26 Å². The number of amides is 1. The molecule has 0 spiro atoms. The molecule has 6 rings (SSSR count). The van der Waals surface area contributed by atoms with Crippen molar-refractivity contribution in [1.82, 2.24) is 14.4 Å². The Labute approximate surface area is 195 Å². The van der Waals surface area contributed by atoms with Gasteiger partial charge in [-0.15, -0.1) is 10.2 Å². The summed E-state index contributed by atoms with van der Waals surface area (Å²) in [6.45, 7) is 2.78. The number of nitrogens with zero attached hydrogens (tertiary/aromatic N) is 7. The number of carbonyl (C=O) groups excluding carboxylic acids is 1. The van der Waals surface area contributed by atoms with E-state index in [0.29, 0.717) is 24.5 Å². The minimum Gasteiger partial charge on any atom is -0.378 e. The Hall–Kier alpha value is -4.42. The van der Waals surface area contributed by atoms with Crippen molar-refractivity contribution in [3.8, 4) is 28.6 Å². The molecule has 1 saturated heterocycles. The topological polar surface area (TPSA) is 108 Å². The third-order valence-electron chi connectivity index (χ3n) is 6.09. The molecular weight excluding hydrogens is 430 g/mol. The van der Waals surface area contributed by atoms with Crippen LogP contribution in [0.25, 0.3) is 28.2 Å². The van der Waals surface area contributed by atoms with Gasteiger partial charge < -0.3 is 9.64 Å². The molecule has 4 heterocycles. The van der Waals surface area contributed by atoms with Gasteiger partial charge in [0.05, 0.1) is 48.3 Å². The summed E-state index contributed by atoms with van der Waals surface area (Å²) in [5, 5.41) is 16.9. The number of imidazole rings is 1. The molecule has 9 heteroatoms. The molecule has 2 aliphatic rings. The molecule has 0 N–H and O–H groups in total. The Morgan fingerprint density at radius 1 is 1.00 bits per heavy atom. The number of morpholine rings is 1. The van der Waals surface area contributed by atoms with E-state index in [0.717, 1.165) is 52.6 Å². The molecule has 0 aliphatic carbocycles. The zero-order valence-electron chi connectivity index (χ0n) is 18.2. The molecule has 0 radical (unpaired) electrons. The largest absolute Gasteiger partial charge is 0.378 e. The smallest absolute Gasteiger partial charge is 0.269 e. The summed E-state index contributed by atoms with van der Waals surface area (Å²) in [5.41, 5.74) is 6.32. The number of anilines is 1. The van der Waals surface area contributed by atoms with Gasteiger partial charge in [-0.1, -0.05) is 18.2 Å². The first-order valence-electron chi connectivity index (χ1n) is 11.0. The number of hydrogen-bond donors (Lipinski definition) is 0. The van der Waals surface area contributed by atoms with E-state index in [9.17, 15) is 10.1 Å². The fourth-order valence-corrected chi connectivity index (χ4v) is 4.42. The van der Waals surface area contributed by atoms with E-state index in [1.165, 1.54) is 0 Å². The minimum atomic E-state index is -0.256. The molecule has 9 nitrogen and oxygen atoms in total. The highest BCUT2D eigenvalue weighted by molar-refractivity contribution is 5.87. The van der Waals surface area contributed by atoms with Crippen LogP contribution < -0.4 is 4.90 Å². The van der Waals surface area contributed by atoms with Crippen molar-refractivity contribution in [3.05, 3.63) is 66.0 Å². The molecule has 0 bridgehead atoms. The monoisotopic (exact) mass is 449 g/mol. The molecule has 2 aromatic carbocycles. The summed E-state index contributed by atoms with van der Waals surface area (Å²) >= 11 is 0. The highest BCUT2D eigenvalue weighted by Crippen LogP contribution is 2.37. The van der Waals surface area contributed by atoms with Crippen LogP contribution in [0.3, 0.4) is 0 Å². The van der Waals surface area contributed by atoms with Gasteiger partial charge in [0, 0.05) is 36.6 Å². The summed E-state index contributed by atoms with van der Waals surface area (Å²) in [4.78, 5) is 23.8. The van der Waals surface area contributed by atoms with E-state index in [4.69, 9.17) is 9.72 Å². The Morgan fingerprint density at radius 2 is 1.79 bits per heavy atom. The van der Waals surface area contributed by atoms with Crippen molar-refractivity contribution in [2.24, 2.45) is 10.2 Å². The summed E-state index contributed by atoms with van der Waals surface area (Å²) in [6, 6.07) is 15.4. The number of ether oxygens (including phenoxy) is 1. The average Bonchev–Trinajstić information content (AvgIpc) is 3.28. The Kier molecular flexibility index (Phi) is 4.86. The highest BCUT2D eigenvalue weighted by atomic mass is 16.5. The second-order valence-electron chi connectivity index (χ2n) is 8.16. The molecule has 4 aromatic rings. The van der Waals surface area contributed by atoms with E-state index in [2.05, 4.69) is 26.2 Å². The summed E-state index contributed by atoms with van der Waals surface area (Å²) < 4.78 is 7.56. The Balaban J connectivity index is 1.58. The van der Waals surface area contributed by atoms with Crippen LogP contribution in [0, 0.1) is 11.3 Å². The van der Waals surface area contributed by atoms with E-state index in [-0.39, 0.29) is 12.3 Å². The quantitative estimate of drug-likeness (QED) is 0.469. The number of fused-ring (bicyclic) bond motifs is 2. The maximum absolute atomic E-state index is 11.9. The van der Waals surface area contributed by atoms with Crippen molar-refractivity contribution < 1.29 is 9.53 Å². The van der Waals surface area contributed by atoms with Crippen LogP contribution in [0.1, 0.15) is 11.1 Å². The lowest BCUT2D eigenvalue weighted by atomic mass is 9.99. The van der Waals surface area contributed by atoms with Crippen LogP contribution >= 0.6 is 0 Å². The van der Waals surface area contributed by atoms with Crippen LogP contribution in [0.5, 0.6) is 0 Å². The lowest BCUT2D eigenvalue weighted by Crippen LogP contribution is -2.37. The second kappa shape index (κ2) is 8.17. The molecule has 2 aromatic heterocycles. The standard InChI is InChI=1S/C25H19N7O2/c26-15-16-1-3-17(4-2-16)22-23(18-5-6-20-19(13-18)14-21(33)30-29-20)32-8-7-27-24(25(32)28-22)31-9-11-34-12-10-31/h1-8,13H,9-12,14H2. The second-order valence-corrected chi connectivity index (χ2v) is 8.16. The van der Waals surface area contributed by atoms with Crippen LogP contribution in [0.2, 0.25) is 0 Å². The Morgan fingerprint density at radius 3 is 2.59 bits per heavy atom. The number of aromatic nitrogens is 3. The van der Waals surface area contributed by atoms with Crippen LogP contribution in [0.4, 0.5) is 11.5 Å².